The van der Waals surface area contributed by atoms with Crippen molar-refractivity contribution in [1.29, 1.82) is 0 Å². The number of hydrogen-bond donors (Lipinski definition) is 2. The van der Waals surface area contributed by atoms with E-state index in [1.807, 2.05) is 12.1 Å². The van der Waals surface area contributed by atoms with Gasteiger partial charge in [0, 0.05) is 44.7 Å². The minimum Gasteiger partial charge on any atom is -0.396 e. The lowest BCUT2D eigenvalue weighted by Gasteiger charge is -2.34. The number of nitrogens with one attached hydrogen (secondary N) is 1. The zero-order chi connectivity index (χ0) is 19.5. The molecule has 1 amide bonds. The first-order chi connectivity index (χ1) is 13.6. The highest BCUT2D eigenvalue weighted by molar-refractivity contribution is 5.77. The van der Waals surface area contributed by atoms with Gasteiger partial charge in [-0.2, -0.15) is 0 Å². The van der Waals surface area contributed by atoms with Gasteiger partial charge in [0.25, 0.3) is 5.56 Å². The van der Waals surface area contributed by atoms with E-state index in [9.17, 15) is 9.59 Å². The van der Waals surface area contributed by atoms with Crippen LogP contribution in [0, 0.1) is 0 Å². The molecule has 2 aliphatic rings. The Morgan fingerprint density at radius 2 is 2.18 bits per heavy atom. The van der Waals surface area contributed by atoms with Crippen molar-refractivity contribution in [3.63, 3.8) is 0 Å². The second kappa shape index (κ2) is 8.38. The van der Waals surface area contributed by atoms with Crippen LogP contribution in [0.1, 0.15) is 19.3 Å². The fraction of sp³-hybridized carbons (Fsp3) is 0.550. The van der Waals surface area contributed by atoms with Crippen LogP contribution in [-0.2, 0) is 16.1 Å². The Morgan fingerprint density at radius 3 is 3.04 bits per heavy atom. The fourth-order valence-electron chi connectivity index (χ4n) is 4.15. The molecule has 0 bridgehead atoms. The van der Waals surface area contributed by atoms with E-state index in [0.29, 0.717) is 36.5 Å². The lowest BCUT2D eigenvalue weighted by atomic mass is 10.1. The van der Waals surface area contributed by atoms with Crippen LogP contribution in [0.15, 0.2) is 35.4 Å². The fourth-order valence-corrected chi connectivity index (χ4v) is 4.15. The number of para-hydroxylation sites is 1. The minimum absolute atomic E-state index is 0.0577. The molecule has 0 aliphatic carbocycles. The second-order valence-electron chi connectivity index (χ2n) is 7.59. The predicted molar refractivity (Wildman–Crippen MR) is 104 cm³/mol. The number of benzene rings is 1. The van der Waals surface area contributed by atoms with Crippen molar-refractivity contribution in [3.8, 4) is 0 Å². The number of aliphatic hydroxyl groups is 1. The van der Waals surface area contributed by atoms with Crippen molar-refractivity contribution in [3.05, 3.63) is 40.9 Å². The van der Waals surface area contributed by atoms with Crippen molar-refractivity contribution >= 4 is 16.8 Å². The summed E-state index contributed by atoms with van der Waals surface area (Å²) in [5, 5.41) is 12.7. The molecule has 4 rings (SSSR count). The summed E-state index contributed by atoms with van der Waals surface area (Å²) in [5.74, 6) is -0.0577. The van der Waals surface area contributed by atoms with Gasteiger partial charge in [0.2, 0.25) is 5.91 Å². The van der Waals surface area contributed by atoms with Gasteiger partial charge in [-0.15, -0.1) is 0 Å². The molecule has 8 heteroatoms. The number of carbonyl (C=O) groups is 1. The summed E-state index contributed by atoms with van der Waals surface area (Å²) in [5.41, 5.74) is 0.543. The molecular formula is C20H26N4O4. The number of aromatic nitrogens is 2. The first-order valence-corrected chi connectivity index (χ1v) is 9.84. The van der Waals surface area contributed by atoms with Crippen LogP contribution in [0.3, 0.4) is 0 Å². The molecule has 150 valence electrons. The van der Waals surface area contributed by atoms with Gasteiger partial charge >= 0.3 is 0 Å². The molecule has 2 aliphatic heterocycles. The monoisotopic (exact) mass is 386 g/mol. The van der Waals surface area contributed by atoms with E-state index in [2.05, 4.69) is 15.2 Å². The molecule has 2 aromatic rings. The van der Waals surface area contributed by atoms with Crippen molar-refractivity contribution in [2.24, 2.45) is 0 Å². The third-order valence-electron chi connectivity index (χ3n) is 5.62. The van der Waals surface area contributed by atoms with E-state index in [1.165, 1.54) is 10.9 Å². The average Bonchev–Trinajstić information content (AvgIpc) is 3.09. The molecule has 3 atom stereocenters. The molecule has 1 aromatic carbocycles. The summed E-state index contributed by atoms with van der Waals surface area (Å²) in [7, 11) is 0. The highest BCUT2D eigenvalue weighted by Gasteiger charge is 2.37. The summed E-state index contributed by atoms with van der Waals surface area (Å²) < 4.78 is 7.27. The van der Waals surface area contributed by atoms with Gasteiger partial charge in [-0.3, -0.25) is 19.1 Å². The van der Waals surface area contributed by atoms with E-state index in [1.54, 1.807) is 12.1 Å². The van der Waals surface area contributed by atoms with Gasteiger partial charge in [-0.05, 0) is 25.0 Å². The molecule has 0 spiro atoms. The maximum atomic E-state index is 12.5. The van der Waals surface area contributed by atoms with Crippen LogP contribution in [-0.4, -0.2) is 70.0 Å². The van der Waals surface area contributed by atoms with Gasteiger partial charge < -0.3 is 15.2 Å². The van der Waals surface area contributed by atoms with Crippen LogP contribution in [0.4, 0.5) is 0 Å². The number of carbonyl (C=O) groups excluding carboxylic acids is 1. The zero-order valence-electron chi connectivity index (χ0n) is 15.8. The van der Waals surface area contributed by atoms with E-state index in [4.69, 9.17) is 9.84 Å². The molecule has 1 aromatic heterocycles. The van der Waals surface area contributed by atoms with Gasteiger partial charge in [-0.25, -0.2) is 4.98 Å². The minimum atomic E-state index is -0.122. The maximum Gasteiger partial charge on any atom is 0.261 e. The Bertz CT molecular complexity index is 899. The summed E-state index contributed by atoms with van der Waals surface area (Å²) >= 11 is 0. The third kappa shape index (κ3) is 4.09. The Hall–Kier alpha value is -2.29. The zero-order valence-corrected chi connectivity index (χ0v) is 15.8. The highest BCUT2D eigenvalue weighted by atomic mass is 16.5. The SMILES string of the molecule is O=C(CCn1cnc2ccccc2c1=O)N[C@@H]1C[C@H]2CO[C@@H](CCO)CN2C1. The summed E-state index contributed by atoms with van der Waals surface area (Å²) in [6.07, 6.45) is 3.34. The van der Waals surface area contributed by atoms with Gasteiger partial charge in [0.1, 0.15) is 0 Å². The molecule has 2 fully saturated rings. The van der Waals surface area contributed by atoms with Crippen LogP contribution in [0.25, 0.3) is 10.9 Å². The highest BCUT2D eigenvalue weighted by Crippen LogP contribution is 2.24. The molecule has 2 N–H and O–H groups in total. The Morgan fingerprint density at radius 1 is 1.32 bits per heavy atom. The largest absolute Gasteiger partial charge is 0.396 e. The van der Waals surface area contributed by atoms with Gasteiger partial charge in [-0.1, -0.05) is 12.1 Å². The Labute approximate surface area is 163 Å². The third-order valence-corrected chi connectivity index (χ3v) is 5.62. The quantitative estimate of drug-likeness (QED) is 0.732. The summed E-state index contributed by atoms with van der Waals surface area (Å²) in [6.45, 7) is 2.69. The van der Waals surface area contributed by atoms with Gasteiger partial charge in [0.05, 0.1) is 29.9 Å². The molecule has 2 saturated heterocycles. The average molecular weight is 386 g/mol. The Balaban J connectivity index is 1.30. The molecule has 0 saturated carbocycles. The van der Waals surface area contributed by atoms with E-state index in [0.717, 1.165) is 19.5 Å². The summed E-state index contributed by atoms with van der Waals surface area (Å²) in [4.78, 5) is 31.5. The van der Waals surface area contributed by atoms with E-state index in [-0.39, 0.29) is 36.6 Å². The number of amides is 1. The number of ether oxygens (including phenoxy) is 1. The molecule has 0 unspecified atom stereocenters. The van der Waals surface area contributed by atoms with Crippen molar-refractivity contribution < 1.29 is 14.6 Å². The normalized spacial score (nSPS) is 25.0. The van der Waals surface area contributed by atoms with E-state index >= 15 is 0 Å². The first kappa shape index (κ1) is 19.0. The number of nitrogens with zero attached hydrogens (tertiary/aromatic N) is 3. The van der Waals surface area contributed by atoms with Crippen LogP contribution < -0.4 is 10.9 Å². The molecular weight excluding hydrogens is 360 g/mol. The predicted octanol–water partition coefficient (Wildman–Crippen LogP) is 0.127. The molecule has 8 nitrogen and oxygen atoms in total. The van der Waals surface area contributed by atoms with Crippen molar-refractivity contribution in [2.75, 3.05) is 26.3 Å². The topological polar surface area (TPSA) is 96.7 Å². The molecule has 0 radical (unpaired) electrons. The lowest BCUT2D eigenvalue weighted by molar-refractivity contribution is -0.121. The number of fused-ring (bicyclic) bond motifs is 2. The number of morpholine rings is 1. The van der Waals surface area contributed by atoms with Crippen LogP contribution >= 0.6 is 0 Å². The number of aliphatic hydroxyl groups excluding tert-OH is 1. The van der Waals surface area contributed by atoms with Gasteiger partial charge in [0.15, 0.2) is 0 Å². The van der Waals surface area contributed by atoms with E-state index < -0.39 is 0 Å². The Kier molecular flexibility index (Phi) is 5.70. The van der Waals surface area contributed by atoms with Crippen molar-refractivity contribution in [2.45, 2.75) is 44.0 Å². The number of hydrogen-bond acceptors (Lipinski definition) is 6. The standard InChI is InChI=1S/C20H26N4O4/c25-8-6-16-11-24-10-14(9-15(24)12-28-16)22-19(26)5-7-23-13-21-18-4-2-1-3-17(18)20(23)27/h1-4,13-16,25H,5-12H2,(H,22,26)/t14-,15+,16+/m1/s1. The van der Waals surface area contributed by atoms with Crippen LogP contribution in [0.5, 0.6) is 0 Å². The second-order valence-corrected chi connectivity index (χ2v) is 7.59. The summed E-state index contributed by atoms with van der Waals surface area (Å²) in [6, 6.07) is 7.64. The van der Waals surface area contributed by atoms with Crippen LogP contribution in [0.2, 0.25) is 0 Å². The maximum absolute atomic E-state index is 12.5. The first-order valence-electron chi connectivity index (χ1n) is 9.84. The van der Waals surface area contributed by atoms with Crippen molar-refractivity contribution in [1.82, 2.24) is 19.8 Å². The number of aryl methyl sites for hydroxylation is 1. The molecule has 28 heavy (non-hydrogen) atoms. The lowest BCUT2D eigenvalue weighted by Crippen LogP contribution is -2.46. The smallest absolute Gasteiger partial charge is 0.261 e. The molecule has 3 heterocycles. The number of rotatable bonds is 6.